The number of amides is 1. The van der Waals surface area contributed by atoms with Crippen LogP contribution in [0.2, 0.25) is 0 Å². The number of rotatable bonds is 2. The highest BCUT2D eigenvalue weighted by molar-refractivity contribution is 7.84. The van der Waals surface area contributed by atoms with Gasteiger partial charge in [0.05, 0.1) is 10.8 Å². The molecule has 29 heavy (non-hydrogen) atoms. The van der Waals surface area contributed by atoms with Crippen LogP contribution in [0.15, 0.2) is 18.5 Å². The number of hydrogen-bond donors (Lipinski definition) is 0. The predicted octanol–water partition coefficient (Wildman–Crippen LogP) is 4.09. The number of piperidine rings is 1. The lowest BCUT2D eigenvalue weighted by Gasteiger charge is -2.46. The van der Waals surface area contributed by atoms with Gasteiger partial charge in [-0.15, -0.1) is 0 Å². The summed E-state index contributed by atoms with van der Waals surface area (Å²) < 4.78 is 20.5. The van der Waals surface area contributed by atoms with Gasteiger partial charge in [0.25, 0.3) is 0 Å². The molecule has 2 aliphatic rings. The SMILES string of the molecule is CN(C1c2ccncc2CC12CCN(C(=O)OC(C)(C)C)CC2)S(=O)C(C)(C)C. The Morgan fingerprint density at radius 1 is 1.24 bits per heavy atom. The molecule has 0 aromatic carbocycles. The van der Waals surface area contributed by atoms with E-state index < -0.39 is 16.6 Å². The molecule has 2 unspecified atom stereocenters. The third kappa shape index (κ3) is 4.50. The van der Waals surface area contributed by atoms with Crippen LogP contribution in [-0.2, 0) is 22.1 Å². The van der Waals surface area contributed by atoms with Gasteiger partial charge in [-0.3, -0.25) is 4.98 Å². The number of aromatic nitrogens is 1. The Kier molecular flexibility index (Phi) is 5.86. The van der Waals surface area contributed by atoms with Crippen LogP contribution < -0.4 is 0 Å². The third-order valence-electron chi connectivity index (χ3n) is 5.92. The first-order chi connectivity index (χ1) is 13.3. The average molecular weight is 422 g/mol. The molecule has 2 atom stereocenters. The monoisotopic (exact) mass is 421 g/mol. The molecule has 1 aromatic heterocycles. The third-order valence-corrected chi connectivity index (χ3v) is 7.70. The second kappa shape index (κ2) is 7.65. The van der Waals surface area contributed by atoms with Gasteiger partial charge < -0.3 is 9.64 Å². The summed E-state index contributed by atoms with van der Waals surface area (Å²) in [6, 6.07) is 2.13. The van der Waals surface area contributed by atoms with Crippen molar-refractivity contribution in [2.75, 3.05) is 20.1 Å². The molecule has 1 saturated heterocycles. The lowest BCUT2D eigenvalue weighted by molar-refractivity contribution is 0.00205. The van der Waals surface area contributed by atoms with E-state index in [1.165, 1.54) is 11.1 Å². The zero-order valence-corrected chi connectivity index (χ0v) is 19.6. The van der Waals surface area contributed by atoms with Crippen molar-refractivity contribution in [3.8, 4) is 0 Å². The number of nitrogens with zero attached hydrogens (tertiary/aromatic N) is 3. The molecule has 0 bridgehead atoms. The molecule has 162 valence electrons. The summed E-state index contributed by atoms with van der Waals surface area (Å²) in [6.07, 6.45) is 6.16. The smallest absolute Gasteiger partial charge is 0.410 e. The molecule has 0 saturated carbocycles. The fourth-order valence-corrected chi connectivity index (χ4v) is 6.07. The van der Waals surface area contributed by atoms with E-state index in [0.29, 0.717) is 13.1 Å². The molecule has 6 nitrogen and oxygen atoms in total. The minimum absolute atomic E-state index is 0.0421. The first kappa shape index (κ1) is 22.2. The number of likely N-dealkylation sites (tertiary alicyclic amines) is 1. The van der Waals surface area contributed by atoms with Crippen molar-refractivity contribution in [1.29, 1.82) is 0 Å². The van der Waals surface area contributed by atoms with Gasteiger partial charge in [-0.25, -0.2) is 13.3 Å². The number of hydrogen-bond acceptors (Lipinski definition) is 4. The van der Waals surface area contributed by atoms with Gasteiger partial charge in [-0.1, -0.05) is 0 Å². The molecule has 0 radical (unpaired) electrons. The topological polar surface area (TPSA) is 62.7 Å². The van der Waals surface area contributed by atoms with Crippen molar-refractivity contribution in [3.63, 3.8) is 0 Å². The molecule has 1 aromatic rings. The molecule has 3 rings (SSSR count). The van der Waals surface area contributed by atoms with E-state index in [9.17, 15) is 9.00 Å². The minimum Gasteiger partial charge on any atom is -0.444 e. The second-order valence-corrected chi connectivity index (χ2v) is 12.7. The van der Waals surface area contributed by atoms with Crippen molar-refractivity contribution in [1.82, 2.24) is 14.2 Å². The Hall–Kier alpha value is -1.47. The number of carbonyl (C=O) groups is 1. The Labute approximate surface area is 177 Å². The number of carbonyl (C=O) groups excluding carboxylic acids is 1. The molecule has 2 heterocycles. The Bertz CT molecular complexity index is 789. The van der Waals surface area contributed by atoms with Crippen molar-refractivity contribution >= 4 is 17.1 Å². The fourth-order valence-electron chi connectivity index (χ4n) is 4.68. The number of ether oxygens (including phenoxy) is 1. The van der Waals surface area contributed by atoms with Gasteiger partial charge in [-0.2, -0.15) is 0 Å². The summed E-state index contributed by atoms with van der Waals surface area (Å²) >= 11 is 0. The molecular weight excluding hydrogens is 386 g/mol. The van der Waals surface area contributed by atoms with Gasteiger partial charge >= 0.3 is 6.09 Å². The average Bonchev–Trinajstić information content (AvgIpc) is 2.92. The molecule has 1 amide bonds. The highest BCUT2D eigenvalue weighted by atomic mass is 32.2. The Morgan fingerprint density at radius 3 is 2.41 bits per heavy atom. The zero-order valence-electron chi connectivity index (χ0n) is 18.8. The molecular formula is C22H35N3O3S. The highest BCUT2D eigenvalue weighted by Crippen LogP contribution is 2.55. The van der Waals surface area contributed by atoms with Gasteiger partial charge in [-0.05, 0) is 83.4 Å². The standard InChI is InChI=1S/C22H35N3O3S/c1-20(2,3)28-19(26)25-12-9-22(10-13-25)14-16-15-23-11-8-17(16)18(22)24(7)29(27)21(4,5)6/h8,11,15,18H,9-10,12-14H2,1-7H3. The molecule has 1 aliphatic heterocycles. The van der Waals surface area contributed by atoms with Crippen LogP contribution in [-0.4, -0.2) is 55.0 Å². The van der Waals surface area contributed by atoms with E-state index in [-0.39, 0.29) is 22.3 Å². The summed E-state index contributed by atoms with van der Waals surface area (Å²) in [5, 5.41) is 0. The van der Waals surface area contributed by atoms with Crippen LogP contribution in [0.3, 0.4) is 0 Å². The molecule has 1 spiro atoms. The van der Waals surface area contributed by atoms with Crippen molar-refractivity contribution in [2.24, 2.45) is 5.41 Å². The van der Waals surface area contributed by atoms with E-state index in [1.807, 2.05) is 65.9 Å². The van der Waals surface area contributed by atoms with Gasteiger partial charge in [0.1, 0.15) is 16.6 Å². The maximum absolute atomic E-state index is 13.3. The van der Waals surface area contributed by atoms with E-state index in [0.717, 1.165) is 19.3 Å². The largest absolute Gasteiger partial charge is 0.444 e. The lowest BCUT2D eigenvalue weighted by atomic mass is 9.73. The second-order valence-electron chi connectivity index (χ2n) is 10.4. The van der Waals surface area contributed by atoms with E-state index >= 15 is 0 Å². The van der Waals surface area contributed by atoms with E-state index in [2.05, 4.69) is 15.4 Å². The summed E-state index contributed by atoms with van der Waals surface area (Å²) in [4.78, 5) is 18.7. The van der Waals surface area contributed by atoms with Crippen LogP contribution >= 0.6 is 0 Å². The summed E-state index contributed by atoms with van der Waals surface area (Å²) in [6.45, 7) is 13.0. The van der Waals surface area contributed by atoms with E-state index in [4.69, 9.17) is 4.74 Å². The minimum atomic E-state index is -1.13. The summed E-state index contributed by atoms with van der Waals surface area (Å²) in [7, 11) is 0.846. The number of pyridine rings is 1. The fraction of sp³-hybridized carbons (Fsp3) is 0.727. The number of fused-ring (bicyclic) bond motifs is 1. The van der Waals surface area contributed by atoms with Crippen LogP contribution in [0.5, 0.6) is 0 Å². The van der Waals surface area contributed by atoms with Crippen LogP contribution in [0.25, 0.3) is 0 Å². The molecule has 0 N–H and O–H groups in total. The first-order valence-electron chi connectivity index (χ1n) is 10.4. The maximum Gasteiger partial charge on any atom is 0.410 e. The zero-order chi connectivity index (χ0) is 21.6. The predicted molar refractivity (Wildman–Crippen MR) is 116 cm³/mol. The lowest BCUT2D eigenvalue weighted by Crippen LogP contribution is -2.50. The van der Waals surface area contributed by atoms with Crippen LogP contribution in [0.1, 0.15) is 71.6 Å². The van der Waals surface area contributed by atoms with Crippen LogP contribution in [0.4, 0.5) is 4.79 Å². The van der Waals surface area contributed by atoms with Crippen LogP contribution in [0, 0.1) is 5.41 Å². The normalized spacial score (nSPS) is 22.6. The van der Waals surface area contributed by atoms with E-state index in [1.54, 1.807) is 0 Å². The summed E-state index contributed by atoms with van der Waals surface area (Å²) in [5.74, 6) is 0. The quantitative estimate of drug-likeness (QED) is 0.721. The van der Waals surface area contributed by atoms with Crippen molar-refractivity contribution in [2.45, 2.75) is 77.2 Å². The van der Waals surface area contributed by atoms with Crippen molar-refractivity contribution < 1.29 is 13.7 Å². The van der Waals surface area contributed by atoms with Gasteiger partial charge in [0.2, 0.25) is 0 Å². The first-order valence-corrected chi connectivity index (χ1v) is 11.5. The maximum atomic E-state index is 13.3. The molecule has 7 heteroatoms. The Morgan fingerprint density at radius 2 is 1.86 bits per heavy atom. The Balaban J connectivity index is 1.85. The van der Waals surface area contributed by atoms with Crippen molar-refractivity contribution in [3.05, 3.63) is 29.6 Å². The van der Waals surface area contributed by atoms with Gasteiger partial charge in [0.15, 0.2) is 0 Å². The summed E-state index contributed by atoms with van der Waals surface area (Å²) in [5.41, 5.74) is 1.93. The molecule has 1 fully saturated rings. The van der Waals surface area contributed by atoms with Gasteiger partial charge in [0, 0.05) is 32.5 Å². The highest BCUT2D eigenvalue weighted by Gasteiger charge is 2.51. The molecule has 1 aliphatic carbocycles.